The molecule has 0 fully saturated rings. The zero-order valence-electron chi connectivity index (χ0n) is 8.85. The summed E-state index contributed by atoms with van der Waals surface area (Å²) in [6.07, 6.45) is 0. The van der Waals surface area contributed by atoms with E-state index in [1.165, 1.54) is 21.9 Å². The van der Waals surface area contributed by atoms with E-state index in [0.717, 1.165) is 0 Å². The first-order valence-corrected chi connectivity index (χ1v) is 5.39. The molecule has 0 unspecified atom stereocenters. The monoisotopic (exact) mass is 203 g/mol. The van der Waals surface area contributed by atoms with E-state index in [0.29, 0.717) is 0 Å². The van der Waals surface area contributed by atoms with Crippen molar-refractivity contribution in [3.63, 3.8) is 0 Å². The predicted octanol–water partition coefficient (Wildman–Crippen LogP) is 4.31. The minimum atomic E-state index is 1.26. The van der Waals surface area contributed by atoms with E-state index in [1.807, 2.05) is 12.1 Å². The Labute approximate surface area is 95.2 Å². The smallest absolute Gasteiger partial charge is 0.00992 e. The highest BCUT2D eigenvalue weighted by Gasteiger charge is 2.01. The van der Waals surface area contributed by atoms with E-state index in [-0.39, 0.29) is 0 Å². The molecule has 0 saturated carbocycles. The lowest BCUT2D eigenvalue weighted by molar-refractivity contribution is 1.65. The number of benzene rings is 3. The normalized spacial score (nSPS) is 10.5. The molecular weight excluding hydrogens is 192 g/mol. The minimum absolute atomic E-state index is 1.26. The Kier molecular flexibility index (Phi) is 2.19. The van der Waals surface area contributed by atoms with Crippen LogP contribution in [0.3, 0.4) is 0 Å². The van der Waals surface area contributed by atoms with Crippen molar-refractivity contribution in [3.05, 3.63) is 72.8 Å². The molecule has 0 heterocycles. The summed E-state index contributed by atoms with van der Waals surface area (Å²) in [5.74, 6) is 0. The first-order valence-electron chi connectivity index (χ1n) is 5.39. The Morgan fingerprint density at radius 3 is 2.50 bits per heavy atom. The maximum absolute atomic E-state index is 3.15. The van der Waals surface area contributed by atoms with Crippen LogP contribution in [0.4, 0.5) is 0 Å². The van der Waals surface area contributed by atoms with Crippen molar-refractivity contribution >= 4 is 10.8 Å². The second-order valence-corrected chi connectivity index (χ2v) is 3.82. The molecule has 3 aromatic rings. The molecule has 3 aromatic carbocycles. The van der Waals surface area contributed by atoms with Crippen LogP contribution in [-0.4, -0.2) is 0 Å². The Bertz CT molecular complexity index is 604. The first-order chi connectivity index (χ1) is 7.95. The van der Waals surface area contributed by atoms with E-state index >= 15 is 0 Å². The van der Waals surface area contributed by atoms with E-state index in [4.69, 9.17) is 0 Å². The average molecular weight is 203 g/mol. The Morgan fingerprint density at radius 1 is 0.750 bits per heavy atom. The van der Waals surface area contributed by atoms with Gasteiger partial charge in [0.05, 0.1) is 0 Å². The lowest BCUT2D eigenvalue weighted by atomic mass is 9.98. The quantitative estimate of drug-likeness (QED) is 0.553. The predicted molar refractivity (Wildman–Crippen MR) is 68.2 cm³/mol. The van der Waals surface area contributed by atoms with Crippen molar-refractivity contribution in [2.75, 3.05) is 0 Å². The van der Waals surface area contributed by atoms with Gasteiger partial charge in [-0.25, -0.2) is 0 Å². The highest BCUT2D eigenvalue weighted by molar-refractivity contribution is 5.96. The van der Waals surface area contributed by atoms with Gasteiger partial charge in [0.2, 0.25) is 0 Å². The van der Waals surface area contributed by atoms with Crippen LogP contribution < -0.4 is 0 Å². The van der Waals surface area contributed by atoms with Crippen LogP contribution in [0.2, 0.25) is 0 Å². The molecule has 0 saturated heterocycles. The minimum Gasteiger partial charge on any atom is -0.0622 e. The molecule has 0 aromatic heterocycles. The molecule has 16 heavy (non-hydrogen) atoms. The standard InChI is InChI=1S/C16H11/c1-2-7-13(8-3-1)16-12-6-10-14-9-4-5-11-15(14)16/h1-4,6-12H. The Balaban J connectivity index is 2.32. The zero-order chi connectivity index (χ0) is 10.8. The van der Waals surface area contributed by atoms with Crippen LogP contribution in [0.1, 0.15) is 0 Å². The van der Waals surface area contributed by atoms with Crippen LogP contribution in [0.5, 0.6) is 0 Å². The van der Waals surface area contributed by atoms with E-state index in [9.17, 15) is 0 Å². The van der Waals surface area contributed by atoms with Crippen molar-refractivity contribution < 1.29 is 0 Å². The first kappa shape index (κ1) is 9.17. The molecule has 0 N–H and O–H groups in total. The fourth-order valence-corrected chi connectivity index (χ4v) is 2.03. The van der Waals surface area contributed by atoms with Crippen LogP contribution in [0.25, 0.3) is 21.9 Å². The third kappa shape index (κ3) is 1.49. The van der Waals surface area contributed by atoms with Gasteiger partial charge in [-0.05, 0) is 34.0 Å². The van der Waals surface area contributed by atoms with Crippen molar-refractivity contribution in [3.8, 4) is 11.1 Å². The SMILES string of the molecule is [c]1ccc2cccc(-c3ccccc3)c2c1. The topological polar surface area (TPSA) is 0 Å². The van der Waals surface area contributed by atoms with E-state index < -0.39 is 0 Å². The molecule has 1 radical (unpaired) electrons. The molecule has 3 rings (SSSR count). The summed E-state index contributed by atoms with van der Waals surface area (Å²) >= 11 is 0. The number of rotatable bonds is 1. The molecule has 0 nitrogen and oxygen atoms in total. The van der Waals surface area contributed by atoms with Gasteiger partial charge in [0.25, 0.3) is 0 Å². The van der Waals surface area contributed by atoms with Crippen LogP contribution >= 0.6 is 0 Å². The molecular formula is C16H11. The van der Waals surface area contributed by atoms with Gasteiger partial charge in [0.15, 0.2) is 0 Å². The summed E-state index contributed by atoms with van der Waals surface area (Å²) in [6, 6.07) is 26.1. The fourth-order valence-electron chi connectivity index (χ4n) is 2.03. The van der Waals surface area contributed by atoms with Crippen molar-refractivity contribution in [1.29, 1.82) is 0 Å². The largest absolute Gasteiger partial charge is 0.0622 e. The Hall–Kier alpha value is -2.08. The summed E-state index contributed by atoms with van der Waals surface area (Å²) in [4.78, 5) is 0. The molecule has 0 bridgehead atoms. The lowest BCUT2D eigenvalue weighted by Crippen LogP contribution is -1.80. The summed E-state index contributed by atoms with van der Waals surface area (Å²) in [5, 5.41) is 2.52. The second kappa shape index (κ2) is 3.82. The molecule has 0 aliphatic carbocycles. The highest BCUT2D eigenvalue weighted by Crippen LogP contribution is 2.27. The van der Waals surface area contributed by atoms with Gasteiger partial charge in [-0.15, -0.1) is 0 Å². The number of fused-ring (bicyclic) bond motifs is 1. The second-order valence-electron chi connectivity index (χ2n) is 3.82. The molecule has 0 amide bonds. The lowest BCUT2D eigenvalue weighted by Gasteiger charge is -2.05. The van der Waals surface area contributed by atoms with Gasteiger partial charge in [-0.2, -0.15) is 0 Å². The summed E-state index contributed by atoms with van der Waals surface area (Å²) in [5.41, 5.74) is 2.53. The maximum Gasteiger partial charge on any atom is -0.00992 e. The van der Waals surface area contributed by atoms with Crippen LogP contribution in [0, 0.1) is 6.07 Å². The zero-order valence-corrected chi connectivity index (χ0v) is 8.85. The van der Waals surface area contributed by atoms with Gasteiger partial charge in [0, 0.05) is 0 Å². The van der Waals surface area contributed by atoms with Gasteiger partial charge >= 0.3 is 0 Å². The number of hydrogen-bond acceptors (Lipinski definition) is 0. The van der Waals surface area contributed by atoms with Gasteiger partial charge in [0.1, 0.15) is 0 Å². The molecule has 75 valence electrons. The number of hydrogen-bond donors (Lipinski definition) is 0. The molecule has 0 aliphatic heterocycles. The molecule has 0 aliphatic rings. The summed E-state index contributed by atoms with van der Waals surface area (Å²) in [7, 11) is 0. The Morgan fingerprint density at radius 2 is 1.62 bits per heavy atom. The maximum atomic E-state index is 3.15. The van der Waals surface area contributed by atoms with Crippen LogP contribution in [0.15, 0.2) is 66.7 Å². The van der Waals surface area contributed by atoms with Gasteiger partial charge in [-0.1, -0.05) is 60.7 Å². The molecule has 0 atom stereocenters. The third-order valence-electron chi connectivity index (χ3n) is 2.81. The average Bonchev–Trinajstić information content (AvgIpc) is 2.39. The van der Waals surface area contributed by atoms with Gasteiger partial charge in [-0.3, -0.25) is 0 Å². The van der Waals surface area contributed by atoms with Crippen molar-refractivity contribution in [1.82, 2.24) is 0 Å². The van der Waals surface area contributed by atoms with E-state index in [2.05, 4.69) is 60.7 Å². The third-order valence-corrected chi connectivity index (χ3v) is 2.81. The summed E-state index contributed by atoms with van der Waals surface area (Å²) in [6.45, 7) is 0. The molecule has 0 heteroatoms. The van der Waals surface area contributed by atoms with Gasteiger partial charge < -0.3 is 0 Å². The van der Waals surface area contributed by atoms with Crippen LogP contribution in [-0.2, 0) is 0 Å². The molecule has 0 spiro atoms. The van der Waals surface area contributed by atoms with E-state index in [1.54, 1.807) is 0 Å². The summed E-state index contributed by atoms with van der Waals surface area (Å²) < 4.78 is 0. The highest BCUT2D eigenvalue weighted by atomic mass is 14.0. The van der Waals surface area contributed by atoms with Crippen molar-refractivity contribution in [2.45, 2.75) is 0 Å². The fraction of sp³-hybridized carbons (Fsp3) is 0. The van der Waals surface area contributed by atoms with Crippen molar-refractivity contribution in [2.24, 2.45) is 0 Å².